The number of hydrogen-bond donors (Lipinski definition) is 3. The van der Waals surface area contributed by atoms with Gasteiger partial charge in [-0.15, -0.1) is 11.3 Å². The Kier molecular flexibility index (Phi) is 11.7. The minimum Gasteiger partial charge on any atom is -0.351 e. The van der Waals surface area contributed by atoms with Crippen LogP contribution in [0.4, 0.5) is 19.3 Å². The minimum atomic E-state index is -0.867. The van der Waals surface area contributed by atoms with Gasteiger partial charge in [0.05, 0.1) is 0 Å². The Morgan fingerprint density at radius 3 is 2.00 bits per heavy atom. The first-order valence-corrected chi connectivity index (χ1v) is 12.6. The first-order valence-electron chi connectivity index (χ1n) is 10.9. The first kappa shape index (κ1) is 28.4. The molecule has 32 heavy (non-hydrogen) atoms. The number of benzene rings is 1. The van der Waals surface area contributed by atoms with Crippen LogP contribution in [-0.4, -0.2) is 12.2 Å². The molecule has 0 aliphatic rings. The fraction of sp³-hybridized carbons (Fsp3) is 0.542. The van der Waals surface area contributed by atoms with Crippen molar-refractivity contribution >= 4 is 35.0 Å². The third-order valence-electron chi connectivity index (χ3n) is 4.67. The molecule has 0 aliphatic carbocycles. The summed E-state index contributed by atoms with van der Waals surface area (Å²) < 4.78 is 26.9. The lowest BCUT2D eigenvalue weighted by molar-refractivity contribution is 0.259. The number of alkyl halides is 1. The highest BCUT2D eigenvalue weighted by atomic mass is 32.2. The number of urea groups is 1. The number of rotatable bonds is 8. The molecule has 1 atom stereocenters. The molecule has 180 valence electrons. The largest absolute Gasteiger partial charge is 0.351 e. The molecule has 2 amide bonds. The third-order valence-corrected chi connectivity index (χ3v) is 6.95. The van der Waals surface area contributed by atoms with Gasteiger partial charge in [0.15, 0.2) is 0 Å². The van der Waals surface area contributed by atoms with Gasteiger partial charge in [-0.1, -0.05) is 59.6 Å². The zero-order valence-electron chi connectivity index (χ0n) is 20.0. The molecule has 1 aromatic heterocycles. The highest BCUT2D eigenvalue weighted by Gasteiger charge is 2.19. The molecule has 1 aromatic carbocycles. The predicted molar refractivity (Wildman–Crippen MR) is 135 cm³/mol. The summed E-state index contributed by atoms with van der Waals surface area (Å²) >= 11 is 2.41. The average molecular weight is 486 g/mol. The standard InChI is InChI=1S/C16H25FN2O.C8H12FNS2/c1-4-6-13-9-12(8-11(3)17)10-14(7-5-2)15(13)19-16(18)20;1-8(2,3)6-4-5(9)7(11-6)12-10/h9-11H,4-8H2,1-3H3,(H3,18,19,20);4H,10H2,1-3H3. The Morgan fingerprint density at radius 2 is 1.69 bits per heavy atom. The molecule has 0 saturated carbocycles. The Labute approximate surface area is 199 Å². The number of carbonyl (C=O) groups excluding carboxylic acids is 1. The Balaban J connectivity index is 0.000000363. The molecule has 0 fully saturated rings. The topological polar surface area (TPSA) is 81.1 Å². The maximum absolute atomic E-state index is 13.2. The van der Waals surface area contributed by atoms with Crippen LogP contribution >= 0.6 is 23.3 Å². The van der Waals surface area contributed by atoms with Crippen LogP contribution in [0.15, 0.2) is 22.4 Å². The van der Waals surface area contributed by atoms with E-state index in [0.717, 1.165) is 64.9 Å². The number of nitrogens with one attached hydrogen (secondary N) is 1. The molecule has 5 N–H and O–H groups in total. The van der Waals surface area contributed by atoms with E-state index >= 15 is 0 Å². The summed E-state index contributed by atoms with van der Waals surface area (Å²) in [4.78, 5) is 12.2. The molecule has 4 nitrogen and oxygen atoms in total. The number of anilines is 1. The molecule has 0 radical (unpaired) electrons. The number of primary amides is 1. The zero-order valence-corrected chi connectivity index (χ0v) is 21.6. The van der Waals surface area contributed by atoms with Crippen molar-refractivity contribution in [2.45, 2.75) is 89.4 Å². The van der Waals surface area contributed by atoms with Crippen molar-refractivity contribution in [3.05, 3.63) is 45.6 Å². The lowest BCUT2D eigenvalue weighted by Crippen LogP contribution is -2.21. The highest BCUT2D eigenvalue weighted by molar-refractivity contribution is 7.99. The van der Waals surface area contributed by atoms with Gasteiger partial charge in [-0.3, -0.25) is 5.14 Å². The number of halogens is 2. The fourth-order valence-electron chi connectivity index (χ4n) is 3.30. The molecule has 1 unspecified atom stereocenters. The van der Waals surface area contributed by atoms with Gasteiger partial charge in [-0.2, -0.15) is 0 Å². The summed E-state index contributed by atoms with van der Waals surface area (Å²) in [5.74, 6) is -0.197. The second-order valence-electron chi connectivity index (χ2n) is 8.88. The van der Waals surface area contributed by atoms with Crippen LogP contribution in [0.25, 0.3) is 0 Å². The van der Waals surface area contributed by atoms with Crippen molar-refractivity contribution in [2.24, 2.45) is 10.9 Å². The Bertz CT molecular complexity index is 850. The summed E-state index contributed by atoms with van der Waals surface area (Å²) in [5, 5.41) is 8.03. The molecular formula is C24H37F2N3OS2. The predicted octanol–water partition coefficient (Wildman–Crippen LogP) is 7.13. The lowest BCUT2D eigenvalue weighted by Gasteiger charge is -2.17. The molecular weight excluding hydrogens is 448 g/mol. The van der Waals surface area contributed by atoms with Gasteiger partial charge in [-0.05, 0) is 59.9 Å². The van der Waals surface area contributed by atoms with Gasteiger partial charge >= 0.3 is 6.03 Å². The summed E-state index contributed by atoms with van der Waals surface area (Å²) in [7, 11) is 0. The van der Waals surface area contributed by atoms with E-state index in [4.69, 9.17) is 10.9 Å². The number of thiophene rings is 1. The second-order valence-corrected chi connectivity index (χ2v) is 10.8. The van der Waals surface area contributed by atoms with Crippen LogP contribution in [0.2, 0.25) is 0 Å². The van der Waals surface area contributed by atoms with Crippen LogP contribution in [0.5, 0.6) is 0 Å². The van der Waals surface area contributed by atoms with Crippen LogP contribution < -0.4 is 16.2 Å². The van der Waals surface area contributed by atoms with Gasteiger partial charge < -0.3 is 11.1 Å². The van der Waals surface area contributed by atoms with Crippen LogP contribution in [0, 0.1) is 5.82 Å². The molecule has 2 aromatic rings. The lowest BCUT2D eigenvalue weighted by atomic mass is 9.95. The van der Waals surface area contributed by atoms with E-state index in [1.165, 1.54) is 11.3 Å². The van der Waals surface area contributed by atoms with E-state index in [0.29, 0.717) is 10.6 Å². The Hall–Kier alpha value is -1.64. The van der Waals surface area contributed by atoms with Crippen LogP contribution in [-0.2, 0) is 24.7 Å². The number of nitrogens with two attached hydrogens (primary N) is 2. The van der Waals surface area contributed by atoms with E-state index in [-0.39, 0.29) is 11.2 Å². The van der Waals surface area contributed by atoms with Crippen molar-refractivity contribution < 1.29 is 13.6 Å². The molecule has 0 aliphatic heterocycles. The Morgan fingerprint density at radius 1 is 1.16 bits per heavy atom. The zero-order chi connectivity index (χ0) is 24.5. The van der Waals surface area contributed by atoms with Crippen molar-refractivity contribution in [3.63, 3.8) is 0 Å². The van der Waals surface area contributed by atoms with Crippen LogP contribution in [0.3, 0.4) is 0 Å². The van der Waals surface area contributed by atoms with Gasteiger partial charge in [0.25, 0.3) is 0 Å². The monoisotopic (exact) mass is 485 g/mol. The van der Waals surface area contributed by atoms with Crippen molar-refractivity contribution in [3.8, 4) is 0 Å². The molecule has 0 spiro atoms. The van der Waals surface area contributed by atoms with E-state index in [1.54, 1.807) is 13.0 Å². The molecule has 1 heterocycles. The molecule has 0 bridgehead atoms. The smallest absolute Gasteiger partial charge is 0.316 e. The minimum absolute atomic E-state index is 0.0134. The van der Waals surface area contributed by atoms with Crippen molar-refractivity contribution in [1.29, 1.82) is 0 Å². The van der Waals surface area contributed by atoms with Gasteiger partial charge in [0.2, 0.25) is 0 Å². The highest BCUT2D eigenvalue weighted by Crippen LogP contribution is 2.35. The van der Waals surface area contributed by atoms with Crippen molar-refractivity contribution in [2.75, 3.05) is 5.32 Å². The number of hydrogen-bond acceptors (Lipinski definition) is 4. The van der Waals surface area contributed by atoms with Gasteiger partial charge in [-0.25, -0.2) is 13.6 Å². The molecule has 2 rings (SSSR count). The normalized spacial score (nSPS) is 12.2. The summed E-state index contributed by atoms with van der Waals surface area (Å²) in [6.45, 7) is 11.9. The number of amides is 2. The van der Waals surface area contributed by atoms with E-state index in [9.17, 15) is 13.6 Å². The van der Waals surface area contributed by atoms with Gasteiger partial charge in [0.1, 0.15) is 16.2 Å². The van der Waals surface area contributed by atoms with Gasteiger partial charge in [0, 0.05) is 17.0 Å². The van der Waals surface area contributed by atoms with Crippen LogP contribution in [0.1, 0.15) is 76.0 Å². The second kappa shape index (κ2) is 13.2. The number of aryl methyl sites for hydroxylation is 2. The van der Waals surface area contributed by atoms with E-state index < -0.39 is 12.2 Å². The van der Waals surface area contributed by atoms with Crippen molar-refractivity contribution in [1.82, 2.24) is 0 Å². The fourth-order valence-corrected chi connectivity index (χ4v) is 4.76. The van der Waals surface area contributed by atoms with E-state index in [1.807, 2.05) is 12.1 Å². The maximum Gasteiger partial charge on any atom is 0.316 e. The third kappa shape index (κ3) is 9.08. The average Bonchev–Trinajstić information content (AvgIpc) is 3.06. The summed E-state index contributed by atoms with van der Waals surface area (Å²) in [6, 6.07) is 5.00. The molecule has 0 saturated heterocycles. The SMILES string of the molecule is CC(C)(C)c1cc(F)c(SN)s1.CCCc1cc(CC(C)F)cc(CCC)c1NC(N)=O. The molecule has 8 heteroatoms. The quantitative estimate of drug-likeness (QED) is 0.348. The summed E-state index contributed by atoms with van der Waals surface area (Å²) in [5.41, 5.74) is 9.18. The maximum atomic E-state index is 13.2. The first-order chi connectivity index (χ1) is 14.9. The number of carbonyl (C=O) groups is 1. The summed E-state index contributed by atoms with van der Waals surface area (Å²) in [6.07, 6.45) is 3.17. The van der Waals surface area contributed by atoms with E-state index in [2.05, 4.69) is 39.9 Å².